The van der Waals surface area contributed by atoms with Crippen molar-refractivity contribution in [2.45, 2.75) is 40.2 Å². The Balaban J connectivity index is 2.48. The smallest absolute Gasteiger partial charge is 0.350 e. The van der Waals surface area contributed by atoms with Gasteiger partial charge in [0.2, 0.25) is 0 Å². The largest absolute Gasteiger partial charge is 0.458 e. The van der Waals surface area contributed by atoms with Gasteiger partial charge in [-0.05, 0) is 25.8 Å². The molecule has 4 nitrogen and oxygen atoms in total. The highest BCUT2D eigenvalue weighted by Crippen LogP contribution is 2.34. The number of anilines is 1. The number of aromatic nitrogens is 1. The van der Waals surface area contributed by atoms with Crippen LogP contribution in [0.25, 0.3) is 10.2 Å². The van der Waals surface area contributed by atoms with E-state index in [-0.39, 0.29) is 12.1 Å². The van der Waals surface area contributed by atoms with Crippen LogP contribution in [0.15, 0.2) is 6.07 Å². The number of carbonyl (C=O) groups is 1. The molecule has 0 aliphatic carbocycles. The van der Waals surface area contributed by atoms with Gasteiger partial charge < -0.3 is 10.5 Å². The Morgan fingerprint density at radius 2 is 2.21 bits per heavy atom. The van der Waals surface area contributed by atoms with Gasteiger partial charge in [-0.1, -0.05) is 18.3 Å². The molecule has 0 saturated heterocycles. The maximum atomic E-state index is 12.1. The summed E-state index contributed by atoms with van der Waals surface area (Å²) in [7, 11) is 0. The SMILES string of the molecule is CCC(C)OC(=O)c1sc2[nH+]c(C)cc(C)c2c1N. The minimum Gasteiger partial charge on any atom is -0.458 e. The molecule has 0 amide bonds. The monoisotopic (exact) mass is 279 g/mol. The van der Waals surface area contributed by atoms with Crippen LogP contribution in [-0.2, 0) is 4.74 Å². The fourth-order valence-electron chi connectivity index (χ4n) is 2.01. The van der Waals surface area contributed by atoms with Gasteiger partial charge in [-0.2, -0.15) is 4.98 Å². The second-order valence-electron chi connectivity index (χ2n) is 4.81. The fraction of sp³-hybridized carbons (Fsp3) is 0.429. The lowest BCUT2D eigenvalue weighted by Crippen LogP contribution is -2.13. The number of esters is 1. The van der Waals surface area contributed by atoms with Crippen molar-refractivity contribution in [2.75, 3.05) is 5.73 Å². The molecule has 1 atom stereocenters. The maximum Gasteiger partial charge on any atom is 0.350 e. The summed E-state index contributed by atoms with van der Waals surface area (Å²) in [6.45, 7) is 7.84. The molecule has 0 aliphatic rings. The quantitative estimate of drug-likeness (QED) is 0.878. The lowest BCUT2D eigenvalue weighted by molar-refractivity contribution is -0.351. The summed E-state index contributed by atoms with van der Waals surface area (Å²) in [5.74, 6) is -0.335. The van der Waals surface area contributed by atoms with Gasteiger partial charge in [-0.25, -0.2) is 4.79 Å². The third-order valence-electron chi connectivity index (χ3n) is 3.15. The molecule has 0 spiro atoms. The standard InChI is InChI=1S/C14H18N2O2S/c1-5-9(4)18-14(17)12-11(15)10-7(2)6-8(3)16-13(10)19-12/h6,9H,5,15H2,1-4H3/p+1. The molecule has 1 unspecified atom stereocenters. The molecule has 0 saturated carbocycles. The number of nitrogens with two attached hydrogens (primary N) is 1. The summed E-state index contributed by atoms with van der Waals surface area (Å²) in [6.07, 6.45) is 0.699. The average molecular weight is 279 g/mol. The Morgan fingerprint density at radius 1 is 1.53 bits per heavy atom. The van der Waals surface area contributed by atoms with Gasteiger partial charge >= 0.3 is 5.97 Å². The number of nitrogen functional groups attached to an aromatic ring is 1. The molecule has 5 heteroatoms. The molecule has 0 aliphatic heterocycles. The van der Waals surface area contributed by atoms with Crippen LogP contribution in [0.2, 0.25) is 0 Å². The third-order valence-corrected chi connectivity index (χ3v) is 4.25. The van der Waals surface area contributed by atoms with Crippen LogP contribution in [0.1, 0.15) is 41.2 Å². The molecular formula is C14H19N2O2S+. The number of rotatable bonds is 3. The van der Waals surface area contributed by atoms with Crippen LogP contribution in [-0.4, -0.2) is 12.1 Å². The van der Waals surface area contributed by atoms with E-state index in [4.69, 9.17) is 10.5 Å². The van der Waals surface area contributed by atoms with Crippen LogP contribution < -0.4 is 10.7 Å². The summed E-state index contributed by atoms with van der Waals surface area (Å²) < 4.78 is 5.34. The minimum absolute atomic E-state index is 0.0936. The molecule has 0 fully saturated rings. The highest BCUT2D eigenvalue weighted by atomic mass is 32.1. The molecular weight excluding hydrogens is 260 g/mol. The first-order valence-electron chi connectivity index (χ1n) is 6.36. The van der Waals surface area contributed by atoms with Gasteiger partial charge in [0.1, 0.15) is 4.88 Å². The van der Waals surface area contributed by atoms with Gasteiger partial charge in [0.15, 0.2) is 5.69 Å². The third kappa shape index (κ3) is 2.56. The van der Waals surface area contributed by atoms with Crippen LogP contribution in [0, 0.1) is 13.8 Å². The first-order valence-corrected chi connectivity index (χ1v) is 7.18. The van der Waals surface area contributed by atoms with Gasteiger partial charge in [-0.3, -0.25) is 0 Å². The van der Waals surface area contributed by atoms with Gasteiger partial charge in [-0.15, -0.1) is 0 Å². The maximum absolute atomic E-state index is 12.1. The molecule has 0 bridgehead atoms. The Bertz CT molecular complexity index is 634. The van der Waals surface area contributed by atoms with Crippen LogP contribution in [0.4, 0.5) is 5.69 Å². The van der Waals surface area contributed by atoms with Gasteiger partial charge in [0, 0.05) is 13.0 Å². The number of pyridine rings is 1. The first kappa shape index (κ1) is 13.8. The van der Waals surface area contributed by atoms with Crippen LogP contribution in [0.5, 0.6) is 0 Å². The highest BCUT2D eigenvalue weighted by molar-refractivity contribution is 7.20. The minimum atomic E-state index is -0.335. The van der Waals surface area contributed by atoms with Crippen molar-refractivity contribution in [3.63, 3.8) is 0 Å². The molecule has 19 heavy (non-hydrogen) atoms. The van der Waals surface area contributed by atoms with E-state index in [0.29, 0.717) is 10.6 Å². The molecule has 0 radical (unpaired) electrons. The molecule has 0 aromatic carbocycles. The van der Waals surface area contributed by atoms with E-state index >= 15 is 0 Å². The molecule has 2 aromatic heterocycles. The molecule has 2 rings (SSSR count). The van der Waals surface area contributed by atoms with E-state index in [0.717, 1.165) is 27.9 Å². The number of aryl methyl sites for hydroxylation is 2. The normalized spacial score (nSPS) is 12.6. The predicted octanol–water partition coefficient (Wildman–Crippen LogP) is 2.87. The lowest BCUT2D eigenvalue weighted by atomic mass is 10.1. The Labute approximate surface area is 116 Å². The number of thiophene rings is 1. The summed E-state index contributed by atoms with van der Waals surface area (Å²) in [6, 6.07) is 2.02. The number of aromatic amines is 1. The zero-order chi connectivity index (χ0) is 14.2. The second kappa shape index (κ2) is 5.17. The van der Waals surface area contributed by atoms with E-state index in [1.54, 1.807) is 0 Å². The molecule has 2 aromatic rings. The van der Waals surface area contributed by atoms with Gasteiger partial charge in [0.05, 0.1) is 17.2 Å². The van der Waals surface area contributed by atoms with Crippen molar-refractivity contribution in [1.29, 1.82) is 0 Å². The van der Waals surface area contributed by atoms with E-state index in [1.807, 2.05) is 33.8 Å². The number of hydrogen-bond donors (Lipinski definition) is 1. The summed E-state index contributed by atoms with van der Waals surface area (Å²) in [4.78, 5) is 16.7. The highest BCUT2D eigenvalue weighted by Gasteiger charge is 2.23. The molecule has 3 N–H and O–H groups in total. The first-order chi connectivity index (χ1) is 8.93. The van der Waals surface area contributed by atoms with Crippen LogP contribution >= 0.6 is 11.3 Å². The second-order valence-corrected chi connectivity index (χ2v) is 5.83. The van der Waals surface area contributed by atoms with Crippen molar-refractivity contribution < 1.29 is 14.5 Å². The van der Waals surface area contributed by atoms with Crippen LogP contribution in [0.3, 0.4) is 0 Å². The van der Waals surface area contributed by atoms with E-state index in [9.17, 15) is 4.79 Å². The number of carbonyl (C=O) groups excluding carboxylic acids is 1. The van der Waals surface area contributed by atoms with Crippen molar-refractivity contribution in [1.82, 2.24) is 0 Å². The van der Waals surface area contributed by atoms with Gasteiger partial charge in [0.25, 0.3) is 4.83 Å². The zero-order valence-electron chi connectivity index (χ0n) is 11.7. The number of ether oxygens (including phenoxy) is 1. The van der Waals surface area contributed by atoms with Crippen molar-refractivity contribution >= 4 is 33.2 Å². The summed E-state index contributed by atoms with van der Waals surface area (Å²) in [5.41, 5.74) is 8.73. The van der Waals surface area contributed by atoms with Crippen molar-refractivity contribution in [3.05, 3.63) is 22.2 Å². The fourth-order valence-corrected chi connectivity index (χ4v) is 3.14. The Kier molecular flexibility index (Phi) is 3.75. The van der Waals surface area contributed by atoms with E-state index in [1.165, 1.54) is 11.3 Å². The predicted molar refractivity (Wildman–Crippen MR) is 77.4 cm³/mol. The Hall–Kier alpha value is -1.62. The van der Waals surface area contributed by atoms with Crippen molar-refractivity contribution in [2.24, 2.45) is 0 Å². The number of nitrogens with one attached hydrogen (secondary N) is 1. The lowest BCUT2D eigenvalue weighted by Gasteiger charge is -2.09. The molecule has 2 heterocycles. The number of fused-ring (bicyclic) bond motifs is 1. The average Bonchev–Trinajstić information content (AvgIpc) is 2.66. The summed E-state index contributed by atoms with van der Waals surface area (Å²) in [5, 5.41) is 0.923. The zero-order valence-corrected chi connectivity index (χ0v) is 12.5. The van der Waals surface area contributed by atoms with E-state index < -0.39 is 0 Å². The molecule has 102 valence electrons. The topological polar surface area (TPSA) is 66.5 Å². The summed E-state index contributed by atoms with van der Waals surface area (Å²) >= 11 is 1.36. The van der Waals surface area contributed by atoms with Crippen molar-refractivity contribution in [3.8, 4) is 0 Å². The van der Waals surface area contributed by atoms with E-state index in [2.05, 4.69) is 4.98 Å². The number of hydrogen-bond acceptors (Lipinski definition) is 4. The number of H-pyrrole nitrogens is 1. The Morgan fingerprint density at radius 3 is 2.84 bits per heavy atom.